The molecule has 2 amide bonds. The first-order valence-electron chi connectivity index (χ1n) is 13.2. The SMILES string of the molecule is CC(C)(C)C1CCN(Cc2ccn(-c3ncccc3C(=O)NC(Cc3ccccc3)C(O)C(N)=O)n2)CC1. The normalized spacial score (nSPS) is 16.6. The van der Waals surface area contributed by atoms with Gasteiger partial charge in [0.05, 0.1) is 17.3 Å². The van der Waals surface area contributed by atoms with Crippen molar-refractivity contribution in [3.8, 4) is 5.82 Å². The molecular weight excluding hydrogens is 480 g/mol. The zero-order valence-corrected chi connectivity index (χ0v) is 22.4. The Labute approximate surface area is 224 Å². The second-order valence-electron chi connectivity index (χ2n) is 11.2. The Bertz CT molecular complexity index is 1230. The molecule has 3 heterocycles. The topological polar surface area (TPSA) is 126 Å². The molecule has 0 aliphatic carbocycles. The van der Waals surface area contributed by atoms with E-state index in [-0.39, 0.29) is 12.0 Å². The average Bonchev–Trinajstić information content (AvgIpc) is 3.36. The third-order valence-electron chi connectivity index (χ3n) is 7.38. The molecule has 0 saturated carbocycles. The fourth-order valence-corrected chi connectivity index (χ4v) is 5.06. The summed E-state index contributed by atoms with van der Waals surface area (Å²) in [5, 5.41) is 17.9. The van der Waals surface area contributed by atoms with E-state index in [0.717, 1.165) is 36.8 Å². The predicted octanol–water partition coefficient (Wildman–Crippen LogP) is 2.71. The van der Waals surface area contributed by atoms with Crippen LogP contribution < -0.4 is 11.1 Å². The van der Waals surface area contributed by atoms with E-state index in [1.807, 2.05) is 36.4 Å². The van der Waals surface area contributed by atoms with Crippen molar-refractivity contribution < 1.29 is 14.7 Å². The van der Waals surface area contributed by atoms with Crippen molar-refractivity contribution in [1.29, 1.82) is 0 Å². The number of nitrogens with two attached hydrogens (primary N) is 1. The van der Waals surface area contributed by atoms with E-state index in [1.165, 1.54) is 12.8 Å². The monoisotopic (exact) mass is 518 g/mol. The molecule has 4 rings (SSSR count). The average molecular weight is 519 g/mol. The van der Waals surface area contributed by atoms with Crippen LogP contribution in [0.2, 0.25) is 0 Å². The highest BCUT2D eigenvalue weighted by atomic mass is 16.3. The van der Waals surface area contributed by atoms with Crippen LogP contribution >= 0.6 is 0 Å². The number of piperidine rings is 1. The second-order valence-corrected chi connectivity index (χ2v) is 11.2. The summed E-state index contributed by atoms with van der Waals surface area (Å²) >= 11 is 0. The van der Waals surface area contributed by atoms with Crippen LogP contribution in [-0.2, 0) is 17.8 Å². The number of primary amides is 1. The maximum Gasteiger partial charge on any atom is 0.255 e. The Morgan fingerprint density at radius 2 is 1.82 bits per heavy atom. The van der Waals surface area contributed by atoms with Crippen molar-refractivity contribution >= 4 is 11.8 Å². The van der Waals surface area contributed by atoms with Crippen molar-refractivity contribution in [1.82, 2.24) is 25.0 Å². The first kappa shape index (κ1) is 27.5. The van der Waals surface area contributed by atoms with Crippen LogP contribution in [0.25, 0.3) is 5.82 Å². The van der Waals surface area contributed by atoms with Gasteiger partial charge in [0.1, 0.15) is 0 Å². The molecule has 1 saturated heterocycles. The fraction of sp³-hybridized carbons (Fsp3) is 0.448. The fourth-order valence-electron chi connectivity index (χ4n) is 5.06. The van der Waals surface area contributed by atoms with Crippen molar-refractivity contribution in [2.75, 3.05) is 13.1 Å². The first-order valence-corrected chi connectivity index (χ1v) is 13.2. The molecule has 2 aromatic heterocycles. The number of pyridine rings is 1. The van der Waals surface area contributed by atoms with Gasteiger partial charge in [-0.2, -0.15) is 5.10 Å². The van der Waals surface area contributed by atoms with Crippen molar-refractivity contribution in [3.05, 3.63) is 77.7 Å². The van der Waals surface area contributed by atoms with E-state index in [9.17, 15) is 14.7 Å². The highest BCUT2D eigenvalue weighted by molar-refractivity contribution is 5.97. The van der Waals surface area contributed by atoms with E-state index in [2.05, 4.69) is 36.0 Å². The molecule has 2 unspecified atom stereocenters. The number of aromatic nitrogens is 3. The van der Waals surface area contributed by atoms with Crippen LogP contribution in [0.1, 0.15) is 55.2 Å². The largest absolute Gasteiger partial charge is 0.381 e. The molecule has 1 aliphatic heterocycles. The van der Waals surface area contributed by atoms with Gasteiger partial charge in [-0.3, -0.25) is 14.5 Å². The van der Waals surface area contributed by atoms with Gasteiger partial charge in [0, 0.05) is 18.9 Å². The quantitative estimate of drug-likeness (QED) is 0.400. The van der Waals surface area contributed by atoms with Crippen LogP contribution in [-0.4, -0.2) is 61.8 Å². The van der Waals surface area contributed by atoms with Gasteiger partial charge >= 0.3 is 0 Å². The molecule has 1 fully saturated rings. The van der Waals surface area contributed by atoms with Crippen molar-refractivity contribution in [2.24, 2.45) is 17.1 Å². The number of rotatable bonds is 9. The number of amides is 2. The van der Waals surface area contributed by atoms with Gasteiger partial charge < -0.3 is 16.2 Å². The third kappa shape index (κ3) is 6.85. The molecule has 2 atom stereocenters. The first-order chi connectivity index (χ1) is 18.1. The summed E-state index contributed by atoms with van der Waals surface area (Å²) in [6.45, 7) is 9.76. The lowest BCUT2D eigenvalue weighted by atomic mass is 9.75. The standard InChI is InChI=1S/C29H38N6O3/c1-29(2,3)21-11-15-34(16-12-21)19-22-13-17-35(33-22)27-23(10-7-14-31-27)28(38)32-24(25(36)26(30)37)18-20-8-5-4-6-9-20/h4-10,13-14,17,21,24-25,36H,11-12,15-16,18-19H2,1-3H3,(H2,30,37)(H,32,38). The Balaban J connectivity index is 1.47. The molecule has 1 aromatic carbocycles. The molecule has 0 radical (unpaired) electrons. The Morgan fingerprint density at radius 3 is 2.47 bits per heavy atom. The number of nitrogens with zero attached hydrogens (tertiary/aromatic N) is 4. The molecule has 9 heteroatoms. The molecule has 0 bridgehead atoms. The molecular formula is C29H38N6O3. The molecule has 202 valence electrons. The minimum Gasteiger partial charge on any atom is -0.381 e. The highest BCUT2D eigenvalue weighted by Gasteiger charge is 2.30. The maximum atomic E-state index is 13.3. The van der Waals surface area contributed by atoms with Gasteiger partial charge in [-0.25, -0.2) is 9.67 Å². The summed E-state index contributed by atoms with van der Waals surface area (Å²) in [5.41, 5.74) is 7.73. The number of likely N-dealkylation sites (tertiary alicyclic amines) is 1. The minimum absolute atomic E-state index is 0.240. The lowest BCUT2D eigenvalue weighted by Gasteiger charge is -2.38. The van der Waals surface area contributed by atoms with E-state index in [4.69, 9.17) is 10.8 Å². The molecule has 3 aromatic rings. The van der Waals surface area contributed by atoms with Crippen LogP contribution in [0, 0.1) is 11.3 Å². The van der Waals surface area contributed by atoms with E-state index >= 15 is 0 Å². The van der Waals surface area contributed by atoms with Crippen LogP contribution in [0.5, 0.6) is 0 Å². The van der Waals surface area contributed by atoms with E-state index in [1.54, 1.807) is 29.2 Å². The molecule has 4 N–H and O–H groups in total. The summed E-state index contributed by atoms with van der Waals surface area (Å²) in [5.74, 6) is -0.282. The molecule has 38 heavy (non-hydrogen) atoms. The molecule has 9 nitrogen and oxygen atoms in total. The number of hydrogen-bond acceptors (Lipinski definition) is 6. The van der Waals surface area contributed by atoms with Crippen molar-refractivity contribution in [2.45, 2.75) is 58.7 Å². The summed E-state index contributed by atoms with van der Waals surface area (Å²) < 4.78 is 1.60. The van der Waals surface area contributed by atoms with Crippen LogP contribution in [0.3, 0.4) is 0 Å². The highest BCUT2D eigenvalue weighted by Crippen LogP contribution is 2.34. The van der Waals surface area contributed by atoms with Gasteiger partial charge in [0.2, 0.25) is 5.91 Å². The van der Waals surface area contributed by atoms with Crippen LogP contribution in [0.4, 0.5) is 0 Å². The van der Waals surface area contributed by atoms with Gasteiger partial charge in [-0.05, 0) is 67.4 Å². The van der Waals surface area contributed by atoms with Crippen LogP contribution in [0.15, 0.2) is 60.9 Å². The number of carbonyl (C=O) groups excluding carboxylic acids is 2. The third-order valence-corrected chi connectivity index (χ3v) is 7.38. The minimum atomic E-state index is -1.54. The van der Waals surface area contributed by atoms with Crippen molar-refractivity contribution in [3.63, 3.8) is 0 Å². The lowest BCUT2D eigenvalue weighted by molar-refractivity contribution is -0.127. The summed E-state index contributed by atoms with van der Waals surface area (Å²) in [7, 11) is 0. The van der Waals surface area contributed by atoms with E-state index in [0.29, 0.717) is 11.2 Å². The lowest BCUT2D eigenvalue weighted by Crippen LogP contribution is -2.50. The predicted molar refractivity (Wildman–Crippen MR) is 145 cm³/mol. The number of aliphatic hydroxyl groups excluding tert-OH is 1. The summed E-state index contributed by atoms with van der Waals surface area (Å²) in [6, 6.07) is 13.7. The number of hydrogen-bond donors (Lipinski definition) is 3. The Hall–Kier alpha value is -3.56. The zero-order chi connectivity index (χ0) is 27.3. The maximum absolute atomic E-state index is 13.3. The van der Waals surface area contributed by atoms with E-state index < -0.39 is 24.0 Å². The van der Waals surface area contributed by atoms with Gasteiger partial charge in [0.15, 0.2) is 11.9 Å². The number of benzene rings is 1. The molecule has 0 spiro atoms. The smallest absolute Gasteiger partial charge is 0.255 e. The summed E-state index contributed by atoms with van der Waals surface area (Å²) in [4.78, 5) is 31.9. The number of nitrogens with one attached hydrogen (secondary N) is 1. The van der Waals surface area contributed by atoms with Gasteiger partial charge in [-0.1, -0.05) is 51.1 Å². The van der Waals surface area contributed by atoms with Gasteiger partial charge in [-0.15, -0.1) is 0 Å². The Kier molecular flexibility index (Phi) is 8.58. The number of aliphatic hydroxyl groups is 1. The number of carbonyl (C=O) groups is 2. The second kappa shape index (κ2) is 11.9. The Morgan fingerprint density at radius 1 is 1.11 bits per heavy atom. The summed E-state index contributed by atoms with van der Waals surface area (Å²) in [6.07, 6.45) is 4.45. The molecule has 1 aliphatic rings. The van der Waals surface area contributed by atoms with Gasteiger partial charge in [0.25, 0.3) is 5.91 Å². The zero-order valence-electron chi connectivity index (χ0n) is 22.4.